The van der Waals surface area contributed by atoms with E-state index in [0.29, 0.717) is 4.47 Å². The Bertz CT molecular complexity index is 432. The van der Waals surface area contributed by atoms with Crippen LogP contribution in [0.25, 0.3) is 0 Å². The van der Waals surface area contributed by atoms with Crippen LogP contribution in [0.2, 0.25) is 0 Å². The summed E-state index contributed by atoms with van der Waals surface area (Å²) >= 11 is 8.36. The zero-order valence-electron chi connectivity index (χ0n) is 7.50. The first kappa shape index (κ1) is 12.7. The summed E-state index contributed by atoms with van der Waals surface area (Å²) in [7, 11) is -3.58. The van der Waals surface area contributed by atoms with Crippen molar-refractivity contribution < 1.29 is 12.8 Å². The van der Waals surface area contributed by atoms with Crippen molar-refractivity contribution in [3.8, 4) is 0 Å². The van der Waals surface area contributed by atoms with Crippen LogP contribution in [0.5, 0.6) is 0 Å². The van der Waals surface area contributed by atoms with E-state index in [2.05, 4.69) is 20.7 Å². The maximum Gasteiger partial charge on any atom is 0.234 e. The summed E-state index contributed by atoms with van der Waals surface area (Å²) in [5.41, 5.74) is -0.0948. The molecule has 0 bridgehead atoms. The molecule has 0 fully saturated rings. The highest BCUT2D eigenvalue weighted by Crippen LogP contribution is 2.26. The zero-order chi connectivity index (χ0) is 11.5. The summed E-state index contributed by atoms with van der Waals surface area (Å²) in [6.45, 7) is 0. The predicted octanol–water partition coefficient (Wildman–Crippen LogP) is 2.57. The summed E-state index contributed by atoms with van der Waals surface area (Å²) in [6.07, 6.45) is 0. The van der Waals surface area contributed by atoms with Crippen molar-refractivity contribution in [1.82, 2.24) is 0 Å². The van der Waals surface area contributed by atoms with Gasteiger partial charge in [0.05, 0.1) is 11.4 Å². The van der Waals surface area contributed by atoms with E-state index in [9.17, 15) is 12.8 Å². The van der Waals surface area contributed by atoms with Gasteiger partial charge in [-0.15, -0.1) is 11.6 Å². The maximum atomic E-state index is 13.2. The molecule has 1 aromatic carbocycles. The Balaban J connectivity index is 2.99. The Labute approximate surface area is 101 Å². The van der Waals surface area contributed by atoms with Crippen molar-refractivity contribution >= 4 is 43.2 Å². The summed E-state index contributed by atoms with van der Waals surface area (Å²) < 4.78 is 38.3. The zero-order valence-corrected chi connectivity index (χ0v) is 10.7. The highest BCUT2D eigenvalue weighted by molar-refractivity contribution is 9.10. The largest absolute Gasteiger partial charge is 0.279 e. The van der Waals surface area contributed by atoms with Crippen molar-refractivity contribution in [2.75, 3.05) is 16.4 Å². The van der Waals surface area contributed by atoms with E-state index in [-0.39, 0.29) is 17.3 Å². The molecule has 0 radical (unpaired) electrons. The first-order valence-electron chi connectivity index (χ1n) is 3.97. The molecule has 0 aliphatic heterocycles. The Hall–Kier alpha value is -0.330. The van der Waals surface area contributed by atoms with Gasteiger partial charge in [-0.05, 0) is 28.1 Å². The molecule has 0 unspecified atom stereocenters. The number of sulfonamides is 1. The van der Waals surface area contributed by atoms with Gasteiger partial charge in [0.2, 0.25) is 10.0 Å². The number of alkyl halides is 1. The topological polar surface area (TPSA) is 46.2 Å². The van der Waals surface area contributed by atoms with Crippen LogP contribution < -0.4 is 4.72 Å². The quantitative estimate of drug-likeness (QED) is 0.868. The van der Waals surface area contributed by atoms with Gasteiger partial charge < -0.3 is 0 Å². The normalized spacial score (nSPS) is 11.4. The lowest BCUT2D eigenvalue weighted by atomic mass is 10.3. The molecule has 7 heteroatoms. The van der Waals surface area contributed by atoms with Crippen LogP contribution in [0, 0.1) is 5.82 Å². The molecule has 1 rings (SSSR count). The van der Waals surface area contributed by atoms with Gasteiger partial charge in [-0.25, -0.2) is 12.8 Å². The molecule has 0 aliphatic rings. The van der Waals surface area contributed by atoms with Gasteiger partial charge in [0.15, 0.2) is 0 Å². The van der Waals surface area contributed by atoms with Crippen LogP contribution >= 0.6 is 27.5 Å². The van der Waals surface area contributed by atoms with Gasteiger partial charge in [-0.3, -0.25) is 4.72 Å². The van der Waals surface area contributed by atoms with Crippen LogP contribution in [0.4, 0.5) is 10.1 Å². The third kappa shape index (κ3) is 3.62. The minimum absolute atomic E-state index is 0.0403. The van der Waals surface area contributed by atoms with E-state index in [1.807, 2.05) is 0 Å². The van der Waals surface area contributed by atoms with Crippen molar-refractivity contribution in [3.05, 3.63) is 28.5 Å². The number of para-hydroxylation sites is 1. The smallest absolute Gasteiger partial charge is 0.234 e. The number of rotatable bonds is 4. The van der Waals surface area contributed by atoms with Crippen molar-refractivity contribution in [1.29, 1.82) is 0 Å². The minimum Gasteiger partial charge on any atom is -0.279 e. The minimum atomic E-state index is -3.58. The number of anilines is 1. The molecule has 0 aliphatic carbocycles. The van der Waals surface area contributed by atoms with E-state index >= 15 is 0 Å². The first-order chi connectivity index (χ1) is 6.96. The van der Waals surface area contributed by atoms with Gasteiger partial charge in [-0.2, -0.15) is 0 Å². The van der Waals surface area contributed by atoms with Crippen LogP contribution in [0.1, 0.15) is 0 Å². The van der Waals surface area contributed by atoms with E-state index in [4.69, 9.17) is 11.6 Å². The summed E-state index contributed by atoms with van der Waals surface area (Å²) in [5, 5.41) is 0. The molecule has 1 N–H and O–H groups in total. The van der Waals surface area contributed by atoms with Crippen LogP contribution in [-0.4, -0.2) is 20.1 Å². The lowest BCUT2D eigenvalue weighted by Crippen LogP contribution is -2.18. The van der Waals surface area contributed by atoms with E-state index in [1.54, 1.807) is 6.07 Å². The highest BCUT2D eigenvalue weighted by atomic mass is 79.9. The molecular formula is C8H8BrClFNO2S. The number of halogens is 3. The average molecular weight is 317 g/mol. The number of benzene rings is 1. The lowest BCUT2D eigenvalue weighted by Gasteiger charge is -2.09. The third-order valence-corrected chi connectivity index (χ3v) is 3.90. The Morgan fingerprint density at radius 2 is 2.13 bits per heavy atom. The third-order valence-electron chi connectivity index (χ3n) is 1.57. The van der Waals surface area contributed by atoms with Gasteiger partial charge in [0.1, 0.15) is 5.82 Å². The number of nitrogens with one attached hydrogen (secondary N) is 1. The van der Waals surface area contributed by atoms with E-state index in [1.165, 1.54) is 12.1 Å². The summed E-state index contributed by atoms with van der Waals surface area (Å²) in [4.78, 5) is 0. The molecule has 0 heterocycles. The Kier molecular flexibility index (Phi) is 4.36. The monoisotopic (exact) mass is 315 g/mol. The standard InChI is InChI=1S/C8H8BrClFNO2S/c9-6-2-1-3-7(11)8(6)12-15(13,14)5-4-10/h1-3,12H,4-5H2. The molecule has 0 atom stereocenters. The van der Waals surface area contributed by atoms with Crippen molar-refractivity contribution in [2.45, 2.75) is 0 Å². The molecule has 0 aromatic heterocycles. The average Bonchev–Trinajstić information content (AvgIpc) is 2.11. The van der Waals surface area contributed by atoms with Crippen molar-refractivity contribution in [2.24, 2.45) is 0 Å². The Morgan fingerprint density at radius 3 is 2.67 bits per heavy atom. The second-order valence-corrected chi connectivity index (χ2v) is 5.78. The van der Waals surface area contributed by atoms with Crippen LogP contribution in [0.15, 0.2) is 22.7 Å². The SMILES string of the molecule is O=S(=O)(CCCl)Nc1c(F)cccc1Br. The highest BCUT2D eigenvalue weighted by Gasteiger charge is 2.14. The van der Waals surface area contributed by atoms with Crippen LogP contribution in [-0.2, 0) is 10.0 Å². The number of hydrogen-bond acceptors (Lipinski definition) is 2. The fraction of sp³-hybridized carbons (Fsp3) is 0.250. The molecule has 1 aromatic rings. The van der Waals surface area contributed by atoms with E-state index < -0.39 is 15.8 Å². The van der Waals surface area contributed by atoms with Gasteiger partial charge in [0, 0.05) is 10.4 Å². The molecule has 84 valence electrons. The fourth-order valence-electron chi connectivity index (χ4n) is 0.903. The molecule has 0 amide bonds. The Morgan fingerprint density at radius 1 is 1.47 bits per heavy atom. The molecule has 0 saturated carbocycles. The molecule has 0 saturated heterocycles. The molecular weight excluding hydrogens is 309 g/mol. The fourth-order valence-corrected chi connectivity index (χ4v) is 2.91. The van der Waals surface area contributed by atoms with Gasteiger partial charge in [-0.1, -0.05) is 6.07 Å². The number of hydrogen-bond donors (Lipinski definition) is 1. The molecule has 0 spiro atoms. The molecule has 3 nitrogen and oxygen atoms in total. The van der Waals surface area contributed by atoms with Gasteiger partial charge >= 0.3 is 0 Å². The van der Waals surface area contributed by atoms with Gasteiger partial charge in [0.25, 0.3) is 0 Å². The first-order valence-corrected chi connectivity index (χ1v) is 6.95. The lowest BCUT2D eigenvalue weighted by molar-refractivity contribution is 0.599. The second kappa shape index (κ2) is 5.14. The van der Waals surface area contributed by atoms with Crippen molar-refractivity contribution in [3.63, 3.8) is 0 Å². The maximum absolute atomic E-state index is 13.2. The second-order valence-electron chi connectivity index (χ2n) is 2.71. The molecule has 15 heavy (non-hydrogen) atoms. The van der Waals surface area contributed by atoms with Crippen LogP contribution in [0.3, 0.4) is 0 Å². The van der Waals surface area contributed by atoms with E-state index in [0.717, 1.165) is 0 Å². The summed E-state index contributed by atoms with van der Waals surface area (Å²) in [6, 6.07) is 4.18. The predicted molar refractivity (Wildman–Crippen MR) is 62.2 cm³/mol. The summed E-state index contributed by atoms with van der Waals surface area (Å²) in [5.74, 6) is -0.931.